The van der Waals surface area contributed by atoms with E-state index in [0.29, 0.717) is 34.4 Å². The molecule has 10 rings (SSSR count). The Balaban J connectivity index is 0.723. The van der Waals surface area contributed by atoms with Crippen LogP contribution in [0, 0.1) is 23.7 Å². The molecule has 6 fully saturated rings. The summed E-state index contributed by atoms with van der Waals surface area (Å²) >= 11 is 0. The van der Waals surface area contributed by atoms with Crippen molar-refractivity contribution >= 4 is 0 Å². The lowest BCUT2D eigenvalue weighted by molar-refractivity contribution is -0.0241. The summed E-state index contributed by atoms with van der Waals surface area (Å²) in [5.41, 5.74) is 9.11. The van der Waals surface area contributed by atoms with E-state index in [-0.39, 0.29) is 0 Å². The van der Waals surface area contributed by atoms with Gasteiger partial charge in [-0.3, -0.25) is 19.6 Å². The zero-order chi connectivity index (χ0) is 40.8. The second-order valence-electron chi connectivity index (χ2n) is 22.1. The van der Waals surface area contributed by atoms with Gasteiger partial charge in [0.05, 0.1) is 0 Å². The van der Waals surface area contributed by atoms with Crippen molar-refractivity contribution in [2.45, 2.75) is 191 Å². The number of benzene rings is 2. The largest absolute Gasteiger partial charge is 0.508 e. The van der Waals surface area contributed by atoms with Crippen molar-refractivity contribution in [3.63, 3.8) is 0 Å². The van der Waals surface area contributed by atoms with Crippen molar-refractivity contribution < 1.29 is 10.2 Å². The Kier molecular flexibility index (Phi) is 12.4. The van der Waals surface area contributed by atoms with E-state index >= 15 is 0 Å². The van der Waals surface area contributed by atoms with Crippen molar-refractivity contribution in [1.29, 1.82) is 0 Å². The van der Waals surface area contributed by atoms with E-state index in [2.05, 4.69) is 57.7 Å². The number of phenolic OH excluding ortho intramolecular Hbond substituents is 2. The summed E-state index contributed by atoms with van der Waals surface area (Å²) < 4.78 is 0. The number of hydrogen-bond acceptors (Lipinski definition) is 6. The van der Waals surface area contributed by atoms with Gasteiger partial charge in [-0.15, -0.1) is 0 Å². The van der Waals surface area contributed by atoms with Crippen molar-refractivity contribution in [3.8, 4) is 11.5 Å². The second kappa shape index (κ2) is 17.8. The van der Waals surface area contributed by atoms with Gasteiger partial charge in [0.15, 0.2) is 0 Å². The van der Waals surface area contributed by atoms with Gasteiger partial charge in [-0.1, -0.05) is 77.3 Å². The van der Waals surface area contributed by atoms with E-state index in [1.165, 1.54) is 179 Å². The van der Waals surface area contributed by atoms with Gasteiger partial charge in [-0.25, -0.2) is 0 Å². The number of rotatable bonds is 17. The zero-order valence-corrected chi connectivity index (χ0v) is 38.1. The monoisotopic (exact) mass is 819 g/mol. The molecule has 0 radical (unpaired) electrons. The Hall–Kier alpha value is -2.12. The van der Waals surface area contributed by atoms with Crippen LogP contribution in [-0.2, 0) is 36.8 Å². The minimum atomic E-state index is 0.302. The van der Waals surface area contributed by atoms with Crippen LogP contribution in [0.4, 0.5) is 0 Å². The molecule has 2 heterocycles. The summed E-state index contributed by atoms with van der Waals surface area (Å²) in [5.74, 6) is 4.54. The van der Waals surface area contributed by atoms with E-state index < -0.39 is 0 Å². The van der Waals surface area contributed by atoms with Crippen LogP contribution in [0.1, 0.15) is 176 Å². The maximum absolute atomic E-state index is 11.6. The SMILES string of the molecule is CCN(CCCCCCN(CC)Cc1cc2c(cc1O)[C@@]13CCCC[C@H]1[C@@H](C2)N(CC1CCC1)CC3)Cc1cc2c(cc1O)[C@@]13CCCC[C@H]1[C@@H](C2)N(CC1CCC1)CC3. The first-order valence-electron chi connectivity index (χ1n) is 26.0. The van der Waals surface area contributed by atoms with Crippen LogP contribution in [0.15, 0.2) is 24.3 Å². The van der Waals surface area contributed by atoms with Crippen LogP contribution in [0.3, 0.4) is 0 Å². The summed E-state index contributed by atoms with van der Waals surface area (Å²) in [6, 6.07) is 10.9. The number of hydrogen-bond donors (Lipinski definition) is 2. The predicted molar refractivity (Wildman–Crippen MR) is 246 cm³/mol. The molecule has 6 heteroatoms. The zero-order valence-electron chi connectivity index (χ0n) is 38.1. The molecular weight excluding hydrogens is 737 g/mol. The topological polar surface area (TPSA) is 53.4 Å². The van der Waals surface area contributed by atoms with Crippen LogP contribution in [0.5, 0.6) is 11.5 Å². The van der Waals surface area contributed by atoms with Crippen LogP contribution in [0.2, 0.25) is 0 Å². The van der Waals surface area contributed by atoms with Gasteiger partial charge in [0.2, 0.25) is 0 Å². The van der Waals surface area contributed by atoms with Gasteiger partial charge in [0.1, 0.15) is 11.5 Å². The molecular formula is C54H82N4O2. The second-order valence-corrected chi connectivity index (χ2v) is 22.1. The number of phenols is 2. The Morgan fingerprint density at radius 1 is 0.550 bits per heavy atom. The van der Waals surface area contributed by atoms with E-state index in [9.17, 15) is 10.2 Å². The molecule has 8 aliphatic rings. The lowest BCUT2D eigenvalue weighted by atomic mass is 9.52. The molecule has 2 aliphatic heterocycles. The molecule has 6 atom stereocenters. The summed E-state index contributed by atoms with van der Waals surface area (Å²) in [5, 5.41) is 23.2. The van der Waals surface area contributed by atoms with Gasteiger partial charge >= 0.3 is 0 Å². The summed E-state index contributed by atoms with van der Waals surface area (Å²) in [4.78, 5) is 11.0. The third-order valence-electron chi connectivity index (χ3n) is 19.1. The Morgan fingerprint density at radius 3 is 1.40 bits per heavy atom. The highest BCUT2D eigenvalue weighted by Crippen LogP contribution is 2.58. The van der Waals surface area contributed by atoms with Crippen LogP contribution < -0.4 is 0 Å². The molecule has 0 spiro atoms. The molecule has 6 nitrogen and oxygen atoms in total. The first-order chi connectivity index (χ1) is 29.4. The summed E-state index contributed by atoms with van der Waals surface area (Å²) in [7, 11) is 0. The lowest BCUT2D eigenvalue weighted by Crippen LogP contribution is -2.61. The molecule has 0 aromatic heterocycles. The van der Waals surface area contributed by atoms with Crippen molar-refractivity contribution in [2.24, 2.45) is 23.7 Å². The van der Waals surface area contributed by atoms with Gasteiger partial charge in [0, 0.05) is 60.2 Å². The fraction of sp³-hybridized carbons (Fsp3) is 0.778. The van der Waals surface area contributed by atoms with Gasteiger partial charge in [-0.2, -0.15) is 0 Å². The van der Waals surface area contributed by atoms with Gasteiger partial charge in [-0.05, 0) is 187 Å². The average molecular weight is 819 g/mol. The number of nitrogens with zero attached hydrogens (tertiary/aromatic N) is 4. The number of likely N-dealkylation sites (tertiary alicyclic amines) is 2. The first-order valence-corrected chi connectivity index (χ1v) is 26.0. The summed E-state index contributed by atoms with van der Waals surface area (Å²) in [6.45, 7) is 15.7. The first kappa shape index (κ1) is 41.9. The van der Waals surface area contributed by atoms with Crippen molar-refractivity contribution in [3.05, 3.63) is 57.6 Å². The third-order valence-corrected chi connectivity index (χ3v) is 19.1. The predicted octanol–water partition coefficient (Wildman–Crippen LogP) is 10.7. The molecule has 4 bridgehead atoms. The minimum absolute atomic E-state index is 0.302. The molecule has 4 saturated carbocycles. The van der Waals surface area contributed by atoms with E-state index in [1.54, 1.807) is 11.1 Å². The Morgan fingerprint density at radius 2 is 1.00 bits per heavy atom. The van der Waals surface area contributed by atoms with E-state index in [0.717, 1.165) is 74.1 Å². The minimum Gasteiger partial charge on any atom is -0.508 e. The van der Waals surface area contributed by atoms with E-state index in [1.807, 2.05) is 0 Å². The molecule has 330 valence electrons. The molecule has 60 heavy (non-hydrogen) atoms. The standard InChI is InChI=1S/C54H82N4O2/c1-3-55(37-43-29-41-31-49-45-19-7-9-21-53(45,47(41)33-51(43)59)23-27-57(49)35-39-15-13-16-39)25-11-5-6-12-26-56(4-2)38-44-30-42-32-50-46-20-8-10-22-54(46,48(42)34-52(44)60)24-28-58(50)36-40-17-14-18-40/h29-30,33-34,39-40,45-46,49-50,59-60H,3-28,31-32,35-38H2,1-2H3/t45-,46-,49+,50+,53+,54+/m0/s1. The maximum Gasteiger partial charge on any atom is 0.120 e. The Bertz CT molecular complexity index is 1670. The third kappa shape index (κ3) is 7.80. The average Bonchev–Trinajstić information content (AvgIpc) is 3.23. The highest BCUT2D eigenvalue weighted by Gasteiger charge is 2.55. The molecule has 2 aromatic carbocycles. The fourth-order valence-corrected chi connectivity index (χ4v) is 15.3. The van der Waals surface area contributed by atoms with Crippen LogP contribution in [0.25, 0.3) is 0 Å². The molecule has 0 amide bonds. The number of unbranched alkanes of at least 4 members (excludes halogenated alkanes) is 3. The highest BCUT2D eigenvalue weighted by molar-refractivity contribution is 5.50. The smallest absolute Gasteiger partial charge is 0.120 e. The fourth-order valence-electron chi connectivity index (χ4n) is 15.3. The normalized spacial score (nSPS) is 31.6. The van der Waals surface area contributed by atoms with Crippen LogP contribution in [-0.4, -0.2) is 94.3 Å². The molecule has 2 saturated heterocycles. The van der Waals surface area contributed by atoms with Crippen molar-refractivity contribution in [1.82, 2.24) is 19.6 Å². The molecule has 2 N–H and O–H groups in total. The lowest BCUT2D eigenvalue weighted by Gasteiger charge is -2.59. The molecule has 6 aliphatic carbocycles. The van der Waals surface area contributed by atoms with E-state index in [4.69, 9.17) is 0 Å². The Labute approximate surface area is 364 Å². The van der Waals surface area contributed by atoms with Gasteiger partial charge < -0.3 is 10.2 Å². The van der Waals surface area contributed by atoms with Gasteiger partial charge in [0.25, 0.3) is 0 Å². The van der Waals surface area contributed by atoms with Crippen LogP contribution >= 0.6 is 0 Å². The quantitative estimate of drug-likeness (QED) is 0.155. The molecule has 2 aromatic rings. The van der Waals surface area contributed by atoms with Crippen molar-refractivity contribution in [2.75, 3.05) is 52.4 Å². The maximum atomic E-state index is 11.6. The number of piperidine rings is 2. The highest BCUT2D eigenvalue weighted by atomic mass is 16.3. The number of aromatic hydroxyl groups is 2. The summed E-state index contributed by atoms with van der Waals surface area (Å²) in [6.07, 6.45) is 29.4. The molecule has 0 unspecified atom stereocenters. The number of fused-ring (bicyclic) bond motifs is 2.